The van der Waals surface area contributed by atoms with Crippen LogP contribution in [0.1, 0.15) is 23.7 Å². The Morgan fingerprint density at radius 1 is 1.52 bits per heavy atom. The number of aromatic nitrogens is 3. The van der Waals surface area contributed by atoms with E-state index in [1.165, 1.54) is 6.20 Å². The summed E-state index contributed by atoms with van der Waals surface area (Å²) in [6.45, 7) is 3.61. The van der Waals surface area contributed by atoms with Crippen LogP contribution in [-0.2, 0) is 11.3 Å². The molecule has 0 bridgehead atoms. The summed E-state index contributed by atoms with van der Waals surface area (Å²) in [6, 6.07) is 3.50. The fraction of sp³-hybridized carbons (Fsp3) is 0.357. The molecule has 0 aliphatic carbocycles. The molecule has 0 radical (unpaired) electrons. The van der Waals surface area contributed by atoms with Crippen LogP contribution < -0.4 is 11.1 Å². The number of rotatable bonds is 7. The average molecular weight is 289 g/mol. The fourth-order valence-electron chi connectivity index (χ4n) is 1.84. The number of nitrogens with zero attached hydrogens (tertiary/aromatic N) is 3. The first-order valence-corrected chi connectivity index (χ1v) is 6.84. The number of carbonyl (C=O) groups is 1. The Kier molecular flexibility index (Phi) is 5.14. The van der Waals surface area contributed by atoms with Crippen LogP contribution in [0.15, 0.2) is 30.7 Å². The van der Waals surface area contributed by atoms with Gasteiger partial charge in [0.05, 0.1) is 24.1 Å². The number of aryl methyl sites for hydroxylation is 1. The van der Waals surface area contributed by atoms with Gasteiger partial charge in [-0.2, -0.15) is 5.10 Å². The second-order valence-corrected chi connectivity index (χ2v) is 4.43. The largest absolute Gasteiger partial charge is 0.462 e. The lowest BCUT2D eigenvalue weighted by Gasteiger charge is -2.09. The normalized spacial score (nSPS) is 10.3. The van der Waals surface area contributed by atoms with Crippen molar-refractivity contribution in [1.29, 1.82) is 0 Å². The molecule has 2 heterocycles. The molecule has 0 aromatic carbocycles. The number of hydrogen-bond donors (Lipinski definition) is 2. The first kappa shape index (κ1) is 14.8. The molecule has 0 unspecified atom stereocenters. The van der Waals surface area contributed by atoms with Crippen molar-refractivity contribution in [2.75, 3.05) is 24.2 Å². The van der Waals surface area contributed by atoms with Crippen molar-refractivity contribution in [2.24, 2.45) is 0 Å². The molecule has 7 heteroatoms. The molecule has 21 heavy (non-hydrogen) atoms. The van der Waals surface area contributed by atoms with Crippen LogP contribution in [-0.4, -0.2) is 33.9 Å². The van der Waals surface area contributed by atoms with E-state index in [1.54, 1.807) is 19.2 Å². The molecule has 0 saturated heterocycles. The standard InChI is InChI=1S/C14H19N5O2/c1-2-21-14(20)11-9-13(17-10-12(11)15)16-5-3-7-19-8-4-6-18-19/h4,6,8-10H,2-3,5,7,15H2,1H3,(H,16,17). The lowest BCUT2D eigenvalue weighted by molar-refractivity contribution is 0.0527. The predicted molar refractivity (Wildman–Crippen MR) is 79.9 cm³/mol. The smallest absolute Gasteiger partial charge is 0.340 e. The summed E-state index contributed by atoms with van der Waals surface area (Å²) in [7, 11) is 0. The van der Waals surface area contributed by atoms with Gasteiger partial charge in [-0.15, -0.1) is 0 Å². The van der Waals surface area contributed by atoms with Crippen molar-refractivity contribution < 1.29 is 9.53 Å². The van der Waals surface area contributed by atoms with E-state index in [9.17, 15) is 4.79 Å². The second-order valence-electron chi connectivity index (χ2n) is 4.43. The highest BCUT2D eigenvalue weighted by atomic mass is 16.5. The van der Waals surface area contributed by atoms with E-state index in [0.29, 0.717) is 23.7 Å². The van der Waals surface area contributed by atoms with Gasteiger partial charge in [0.25, 0.3) is 0 Å². The monoisotopic (exact) mass is 289 g/mol. The van der Waals surface area contributed by atoms with Crippen molar-refractivity contribution in [3.05, 3.63) is 36.3 Å². The summed E-state index contributed by atoms with van der Waals surface area (Å²) >= 11 is 0. The van der Waals surface area contributed by atoms with Gasteiger partial charge in [0.1, 0.15) is 5.82 Å². The maximum Gasteiger partial charge on any atom is 0.340 e. The van der Waals surface area contributed by atoms with Gasteiger partial charge in [-0.05, 0) is 25.5 Å². The van der Waals surface area contributed by atoms with Crippen molar-refractivity contribution in [3.8, 4) is 0 Å². The number of carbonyl (C=O) groups excluding carboxylic acids is 1. The molecule has 112 valence electrons. The Bertz CT molecular complexity index is 583. The number of esters is 1. The summed E-state index contributed by atoms with van der Waals surface area (Å²) < 4.78 is 6.82. The van der Waals surface area contributed by atoms with Gasteiger partial charge in [-0.3, -0.25) is 4.68 Å². The third-order valence-corrected chi connectivity index (χ3v) is 2.86. The van der Waals surface area contributed by atoms with E-state index < -0.39 is 5.97 Å². The zero-order valence-corrected chi connectivity index (χ0v) is 12.0. The Labute approximate surface area is 123 Å². The van der Waals surface area contributed by atoms with Crippen LogP contribution in [0.5, 0.6) is 0 Å². The van der Waals surface area contributed by atoms with Crippen molar-refractivity contribution in [3.63, 3.8) is 0 Å². The van der Waals surface area contributed by atoms with Crippen LogP contribution in [0.25, 0.3) is 0 Å². The average Bonchev–Trinajstić information content (AvgIpc) is 2.98. The summed E-state index contributed by atoms with van der Waals surface area (Å²) in [4.78, 5) is 15.9. The van der Waals surface area contributed by atoms with Gasteiger partial charge < -0.3 is 15.8 Å². The summed E-state index contributed by atoms with van der Waals surface area (Å²) in [6.07, 6.45) is 6.02. The number of nitrogens with two attached hydrogens (primary N) is 1. The summed E-state index contributed by atoms with van der Waals surface area (Å²) in [5.74, 6) is 0.171. The molecule has 0 amide bonds. The van der Waals surface area contributed by atoms with Crippen LogP contribution in [0.3, 0.4) is 0 Å². The highest BCUT2D eigenvalue weighted by Gasteiger charge is 2.12. The topological polar surface area (TPSA) is 95.1 Å². The van der Waals surface area contributed by atoms with Gasteiger partial charge in [0.2, 0.25) is 0 Å². The molecule has 0 fully saturated rings. The molecule has 0 atom stereocenters. The van der Waals surface area contributed by atoms with Gasteiger partial charge >= 0.3 is 5.97 Å². The van der Waals surface area contributed by atoms with E-state index in [2.05, 4.69) is 15.4 Å². The maximum absolute atomic E-state index is 11.7. The van der Waals surface area contributed by atoms with Crippen LogP contribution in [0.4, 0.5) is 11.5 Å². The maximum atomic E-state index is 11.7. The molecule has 0 aliphatic rings. The lowest BCUT2D eigenvalue weighted by atomic mass is 10.2. The van der Waals surface area contributed by atoms with Crippen molar-refractivity contribution in [1.82, 2.24) is 14.8 Å². The number of pyridine rings is 1. The quantitative estimate of drug-likeness (QED) is 0.593. The molecule has 0 saturated carbocycles. The Morgan fingerprint density at radius 2 is 2.38 bits per heavy atom. The fourth-order valence-corrected chi connectivity index (χ4v) is 1.84. The summed E-state index contributed by atoms with van der Waals surface area (Å²) in [5, 5.41) is 7.28. The van der Waals surface area contributed by atoms with Gasteiger partial charge in [0.15, 0.2) is 0 Å². The molecular weight excluding hydrogens is 270 g/mol. The number of nitrogens with one attached hydrogen (secondary N) is 1. The van der Waals surface area contributed by atoms with E-state index in [4.69, 9.17) is 10.5 Å². The van der Waals surface area contributed by atoms with E-state index in [-0.39, 0.29) is 0 Å². The Morgan fingerprint density at radius 3 is 3.10 bits per heavy atom. The number of nitrogen functional groups attached to an aromatic ring is 1. The van der Waals surface area contributed by atoms with E-state index >= 15 is 0 Å². The van der Waals surface area contributed by atoms with Crippen molar-refractivity contribution >= 4 is 17.5 Å². The third kappa shape index (κ3) is 4.20. The number of anilines is 2. The van der Waals surface area contributed by atoms with Crippen LogP contribution >= 0.6 is 0 Å². The van der Waals surface area contributed by atoms with Gasteiger partial charge in [-0.1, -0.05) is 0 Å². The Balaban J connectivity index is 1.88. The minimum Gasteiger partial charge on any atom is -0.462 e. The van der Waals surface area contributed by atoms with Gasteiger partial charge in [-0.25, -0.2) is 9.78 Å². The molecule has 0 aliphatic heterocycles. The molecule has 2 rings (SSSR count). The minimum atomic E-state index is -0.433. The highest BCUT2D eigenvalue weighted by molar-refractivity contribution is 5.95. The Hall–Kier alpha value is -2.57. The molecule has 2 aromatic heterocycles. The van der Waals surface area contributed by atoms with Gasteiger partial charge in [0, 0.05) is 25.5 Å². The van der Waals surface area contributed by atoms with E-state index in [1.807, 2.05) is 16.9 Å². The molecule has 2 aromatic rings. The van der Waals surface area contributed by atoms with E-state index in [0.717, 1.165) is 19.5 Å². The zero-order chi connectivity index (χ0) is 15.1. The minimum absolute atomic E-state index is 0.313. The second kappa shape index (κ2) is 7.28. The lowest BCUT2D eigenvalue weighted by Crippen LogP contribution is -2.12. The molecule has 0 spiro atoms. The first-order valence-electron chi connectivity index (χ1n) is 6.84. The third-order valence-electron chi connectivity index (χ3n) is 2.86. The highest BCUT2D eigenvalue weighted by Crippen LogP contribution is 2.16. The molecule has 7 nitrogen and oxygen atoms in total. The predicted octanol–water partition coefficient (Wildman–Crippen LogP) is 1.54. The molecule has 3 N–H and O–H groups in total. The first-order chi connectivity index (χ1) is 10.2. The molecular formula is C14H19N5O2. The number of ether oxygens (including phenoxy) is 1. The van der Waals surface area contributed by atoms with Crippen molar-refractivity contribution in [2.45, 2.75) is 19.9 Å². The van der Waals surface area contributed by atoms with Crippen LogP contribution in [0.2, 0.25) is 0 Å². The van der Waals surface area contributed by atoms with Crippen LogP contribution in [0, 0.1) is 0 Å². The summed E-state index contributed by atoms with van der Waals surface area (Å²) in [5.41, 5.74) is 6.39. The zero-order valence-electron chi connectivity index (χ0n) is 12.0. The SMILES string of the molecule is CCOC(=O)c1cc(NCCCn2cccn2)ncc1N. The number of hydrogen-bond acceptors (Lipinski definition) is 6.